The van der Waals surface area contributed by atoms with E-state index < -0.39 is 16.6 Å². The van der Waals surface area contributed by atoms with Crippen molar-refractivity contribution in [1.82, 2.24) is 0 Å². The quantitative estimate of drug-likeness (QED) is 0.261. The minimum Gasteiger partial charge on any atom is -0.488 e. The fraction of sp³-hybridized carbons (Fsp3) is 0.385. The van der Waals surface area contributed by atoms with Crippen LogP contribution in [0.2, 0.25) is 0 Å². The van der Waals surface area contributed by atoms with Crippen molar-refractivity contribution in [1.29, 1.82) is 0 Å². The number of hydrogen-bond donors (Lipinski definition) is 0. The molecule has 1 aromatic rings. The first-order chi connectivity index (χ1) is 9.46. The molecule has 0 fully saturated rings. The second-order valence-electron chi connectivity index (χ2n) is 4.04. The van der Waals surface area contributed by atoms with Gasteiger partial charge in [-0.1, -0.05) is 13.3 Å². The van der Waals surface area contributed by atoms with E-state index in [1.54, 1.807) is 0 Å². The Morgan fingerprint density at radius 2 is 2.10 bits per heavy atom. The highest BCUT2D eigenvalue weighted by Gasteiger charge is 2.27. The lowest BCUT2D eigenvalue weighted by Gasteiger charge is -2.14. The number of aldehydes is 1. The number of hydrogen-bond acceptors (Lipinski definition) is 6. The van der Waals surface area contributed by atoms with Gasteiger partial charge in [-0.3, -0.25) is 19.7 Å². The van der Waals surface area contributed by atoms with Gasteiger partial charge in [0.25, 0.3) is 0 Å². The normalized spacial score (nSPS) is 9.95. The van der Waals surface area contributed by atoms with Crippen LogP contribution in [0.1, 0.15) is 36.2 Å². The number of nitro benzene ring substituents is 1. The number of rotatable bonds is 6. The highest BCUT2D eigenvalue weighted by molar-refractivity contribution is 5.84. The maximum Gasteiger partial charge on any atom is 0.315 e. The molecule has 0 heterocycles. The second kappa shape index (κ2) is 6.65. The molecule has 7 heteroatoms. The van der Waals surface area contributed by atoms with Crippen molar-refractivity contribution in [3.05, 3.63) is 27.3 Å². The molecule has 7 nitrogen and oxygen atoms in total. The second-order valence-corrected chi connectivity index (χ2v) is 4.04. The number of methoxy groups -OCH3 is 1. The van der Waals surface area contributed by atoms with E-state index in [4.69, 9.17) is 9.47 Å². The van der Waals surface area contributed by atoms with Gasteiger partial charge in [-0.05, 0) is 6.42 Å². The van der Waals surface area contributed by atoms with Crippen molar-refractivity contribution in [3.8, 4) is 11.5 Å². The van der Waals surface area contributed by atoms with Crippen LogP contribution in [-0.4, -0.2) is 24.3 Å². The van der Waals surface area contributed by atoms with E-state index in [0.717, 1.165) is 6.07 Å². The van der Waals surface area contributed by atoms with Crippen LogP contribution in [0.25, 0.3) is 0 Å². The Balaban J connectivity index is 3.67. The maximum atomic E-state index is 11.2. The molecule has 0 radical (unpaired) electrons. The fourth-order valence-electron chi connectivity index (χ4n) is 1.88. The number of carbonyl (C=O) groups excluding carboxylic acids is 2. The van der Waals surface area contributed by atoms with E-state index in [-0.39, 0.29) is 17.1 Å². The first-order valence-corrected chi connectivity index (χ1v) is 5.98. The Morgan fingerprint density at radius 1 is 1.45 bits per heavy atom. The lowest BCUT2D eigenvalue weighted by Crippen LogP contribution is -2.09. The van der Waals surface area contributed by atoms with Crippen LogP contribution in [0.15, 0.2) is 6.07 Å². The van der Waals surface area contributed by atoms with Crippen LogP contribution in [0, 0.1) is 10.1 Å². The average Bonchev–Trinajstić information content (AvgIpc) is 2.39. The summed E-state index contributed by atoms with van der Waals surface area (Å²) in [6.45, 7) is 3.05. The monoisotopic (exact) mass is 281 g/mol. The Labute approximate surface area is 115 Å². The van der Waals surface area contributed by atoms with Gasteiger partial charge in [0, 0.05) is 24.1 Å². The first-order valence-electron chi connectivity index (χ1n) is 5.98. The third kappa shape index (κ3) is 3.11. The van der Waals surface area contributed by atoms with E-state index >= 15 is 0 Å². The third-order valence-electron chi connectivity index (χ3n) is 2.63. The molecule has 0 aromatic heterocycles. The smallest absolute Gasteiger partial charge is 0.315 e. The summed E-state index contributed by atoms with van der Waals surface area (Å²) in [7, 11) is 1.24. The average molecular weight is 281 g/mol. The Hall–Kier alpha value is -2.44. The number of esters is 1. The number of nitrogens with zero attached hydrogens (tertiary/aromatic N) is 1. The minimum absolute atomic E-state index is 0.0573. The van der Waals surface area contributed by atoms with Crippen molar-refractivity contribution in [2.45, 2.75) is 26.7 Å². The molecule has 0 aliphatic heterocycles. The number of nitro groups is 1. The molecule has 0 saturated heterocycles. The van der Waals surface area contributed by atoms with E-state index in [9.17, 15) is 19.7 Å². The molecule has 0 atom stereocenters. The Bertz CT molecular complexity index is 552. The molecule has 0 amide bonds. The third-order valence-corrected chi connectivity index (χ3v) is 2.63. The molecule has 108 valence electrons. The van der Waals surface area contributed by atoms with Crippen LogP contribution >= 0.6 is 0 Å². The highest BCUT2D eigenvalue weighted by atomic mass is 16.6. The molecule has 0 N–H and O–H groups in total. The van der Waals surface area contributed by atoms with E-state index in [2.05, 4.69) is 0 Å². The largest absolute Gasteiger partial charge is 0.488 e. The predicted molar refractivity (Wildman–Crippen MR) is 70.3 cm³/mol. The van der Waals surface area contributed by atoms with Gasteiger partial charge in [-0.15, -0.1) is 0 Å². The van der Waals surface area contributed by atoms with E-state index in [1.807, 2.05) is 6.92 Å². The summed E-state index contributed by atoms with van der Waals surface area (Å²) in [6.07, 6.45) is 1.62. The van der Waals surface area contributed by atoms with Crippen molar-refractivity contribution >= 4 is 17.9 Å². The first kappa shape index (κ1) is 15.6. The highest BCUT2D eigenvalue weighted by Crippen LogP contribution is 2.42. The summed E-state index contributed by atoms with van der Waals surface area (Å²) in [5.74, 6) is -0.851. The molecular weight excluding hydrogens is 266 g/mol. The standard InChI is InChI=1S/C13H15NO6/c1-4-5-10-9(7-15)6-11(14(17)18)13(19-3)12(10)20-8(2)16/h6-7H,4-5H2,1-3H3. The van der Waals surface area contributed by atoms with Crippen LogP contribution in [0.3, 0.4) is 0 Å². The van der Waals surface area contributed by atoms with Gasteiger partial charge in [-0.25, -0.2) is 0 Å². The van der Waals surface area contributed by atoms with Crippen LogP contribution in [0.5, 0.6) is 11.5 Å². The number of carbonyl (C=O) groups is 2. The van der Waals surface area contributed by atoms with Gasteiger partial charge in [0.1, 0.15) is 0 Å². The van der Waals surface area contributed by atoms with Crippen LogP contribution in [0.4, 0.5) is 5.69 Å². The van der Waals surface area contributed by atoms with Gasteiger partial charge in [0.2, 0.25) is 5.75 Å². The van der Waals surface area contributed by atoms with Crippen molar-refractivity contribution in [2.75, 3.05) is 7.11 Å². The summed E-state index contributed by atoms with van der Waals surface area (Å²) in [6, 6.07) is 1.13. The Morgan fingerprint density at radius 3 is 2.50 bits per heavy atom. The van der Waals surface area contributed by atoms with Crippen LogP contribution < -0.4 is 9.47 Å². The van der Waals surface area contributed by atoms with Crippen molar-refractivity contribution in [2.24, 2.45) is 0 Å². The Kier molecular flexibility index (Phi) is 5.19. The summed E-state index contributed by atoms with van der Waals surface area (Å²) in [4.78, 5) is 32.6. The number of ether oxygens (including phenoxy) is 2. The molecule has 1 rings (SSSR count). The molecule has 0 spiro atoms. The van der Waals surface area contributed by atoms with Crippen molar-refractivity contribution in [3.63, 3.8) is 0 Å². The van der Waals surface area contributed by atoms with E-state index in [1.165, 1.54) is 14.0 Å². The fourth-order valence-corrected chi connectivity index (χ4v) is 1.88. The zero-order valence-corrected chi connectivity index (χ0v) is 11.5. The predicted octanol–water partition coefficient (Wildman–Crippen LogP) is 2.29. The van der Waals surface area contributed by atoms with Gasteiger partial charge < -0.3 is 9.47 Å². The summed E-state index contributed by atoms with van der Waals surface area (Å²) in [5.41, 5.74) is 0.140. The van der Waals surface area contributed by atoms with Gasteiger partial charge in [0.15, 0.2) is 12.0 Å². The zero-order valence-electron chi connectivity index (χ0n) is 11.5. The maximum absolute atomic E-state index is 11.2. The topological polar surface area (TPSA) is 95.7 Å². The van der Waals surface area contributed by atoms with Gasteiger partial charge in [-0.2, -0.15) is 0 Å². The summed E-state index contributed by atoms with van der Waals surface area (Å²) >= 11 is 0. The molecular formula is C13H15NO6. The van der Waals surface area contributed by atoms with Gasteiger partial charge in [0.05, 0.1) is 12.0 Å². The number of benzene rings is 1. The minimum atomic E-state index is -0.686. The molecule has 0 aliphatic rings. The lowest BCUT2D eigenvalue weighted by molar-refractivity contribution is -0.385. The lowest BCUT2D eigenvalue weighted by atomic mass is 10.0. The summed E-state index contributed by atoms with van der Waals surface area (Å²) < 4.78 is 10.0. The van der Waals surface area contributed by atoms with Gasteiger partial charge >= 0.3 is 11.7 Å². The molecule has 1 aromatic carbocycles. The van der Waals surface area contributed by atoms with Crippen molar-refractivity contribution < 1.29 is 24.0 Å². The molecule has 0 bridgehead atoms. The van der Waals surface area contributed by atoms with E-state index in [0.29, 0.717) is 24.7 Å². The van der Waals surface area contributed by atoms with Crippen LogP contribution in [-0.2, 0) is 11.2 Å². The SMILES string of the molecule is CCCc1c(C=O)cc([N+](=O)[O-])c(OC)c1OC(C)=O. The molecule has 0 saturated carbocycles. The molecule has 20 heavy (non-hydrogen) atoms. The summed E-state index contributed by atoms with van der Waals surface area (Å²) in [5, 5.41) is 11.0. The molecule has 0 aliphatic carbocycles. The zero-order chi connectivity index (χ0) is 15.3. The molecule has 0 unspecified atom stereocenters.